The minimum Gasteiger partial charge on any atom is -0.397 e. The van der Waals surface area contributed by atoms with Gasteiger partial charge >= 0.3 is 0 Å². The van der Waals surface area contributed by atoms with Crippen LogP contribution in [0.2, 0.25) is 0 Å². The molecule has 0 bridgehead atoms. The van der Waals surface area contributed by atoms with Gasteiger partial charge in [-0.3, -0.25) is 0 Å². The molecule has 0 aromatic heterocycles. The van der Waals surface area contributed by atoms with Gasteiger partial charge in [-0.25, -0.2) is 4.39 Å². The Morgan fingerprint density at radius 3 is 2.38 bits per heavy atom. The average Bonchev–Trinajstić information content (AvgIpc) is 2.31. The van der Waals surface area contributed by atoms with E-state index in [0.717, 1.165) is 0 Å². The van der Waals surface area contributed by atoms with Gasteiger partial charge in [0.25, 0.3) is 0 Å². The Kier molecular flexibility index (Phi) is 2.57. The maximum absolute atomic E-state index is 13.6. The first-order valence-corrected chi connectivity index (χ1v) is 4.77. The molecule has 2 rings (SSSR count). The van der Waals surface area contributed by atoms with Crippen LogP contribution in [0.1, 0.15) is 5.56 Å². The van der Waals surface area contributed by atoms with Gasteiger partial charge in [0.1, 0.15) is 11.9 Å². The van der Waals surface area contributed by atoms with Gasteiger partial charge in [-0.1, -0.05) is 30.3 Å². The second-order valence-electron chi connectivity index (χ2n) is 3.36. The van der Waals surface area contributed by atoms with E-state index in [9.17, 15) is 4.39 Å². The van der Waals surface area contributed by atoms with E-state index in [4.69, 9.17) is 11.0 Å². The molecule has 3 heteroatoms. The van der Waals surface area contributed by atoms with Crippen molar-refractivity contribution in [3.8, 4) is 17.2 Å². The molecule has 0 aliphatic heterocycles. The molecule has 78 valence electrons. The van der Waals surface area contributed by atoms with Gasteiger partial charge in [-0.05, 0) is 12.1 Å². The molecule has 0 spiro atoms. The number of hydrogen-bond donors (Lipinski definition) is 1. The Labute approximate surface area is 92.8 Å². The van der Waals surface area contributed by atoms with Crippen LogP contribution in [0.5, 0.6) is 0 Å². The molecule has 0 aliphatic carbocycles. The minimum atomic E-state index is -0.343. The normalized spacial score (nSPS) is 9.75. The molecule has 2 N–H and O–H groups in total. The van der Waals surface area contributed by atoms with E-state index in [1.807, 2.05) is 6.07 Å². The van der Waals surface area contributed by atoms with E-state index < -0.39 is 0 Å². The molecule has 0 atom stereocenters. The summed E-state index contributed by atoms with van der Waals surface area (Å²) in [5.74, 6) is -0.343. The lowest BCUT2D eigenvalue weighted by Gasteiger charge is -2.07. The molecule has 0 saturated carbocycles. The lowest BCUT2D eigenvalue weighted by atomic mass is 10.0. The fourth-order valence-corrected chi connectivity index (χ4v) is 1.58. The van der Waals surface area contributed by atoms with Crippen molar-refractivity contribution < 1.29 is 4.39 Å². The summed E-state index contributed by atoms with van der Waals surface area (Å²) < 4.78 is 13.6. The summed E-state index contributed by atoms with van der Waals surface area (Å²) in [5.41, 5.74) is 7.45. The van der Waals surface area contributed by atoms with Crippen molar-refractivity contribution in [3.63, 3.8) is 0 Å². The van der Waals surface area contributed by atoms with Gasteiger partial charge in [-0.15, -0.1) is 0 Å². The second kappa shape index (κ2) is 4.03. The fraction of sp³-hybridized carbons (Fsp3) is 0. The number of halogens is 1. The molecular formula is C13H9FN2. The van der Waals surface area contributed by atoms with Crippen LogP contribution in [-0.2, 0) is 0 Å². The monoisotopic (exact) mass is 212 g/mol. The van der Waals surface area contributed by atoms with Crippen LogP contribution in [-0.4, -0.2) is 0 Å². The van der Waals surface area contributed by atoms with E-state index in [1.54, 1.807) is 36.4 Å². The van der Waals surface area contributed by atoms with Crippen molar-refractivity contribution in [1.82, 2.24) is 0 Å². The third kappa shape index (κ3) is 1.61. The number of hydrogen-bond acceptors (Lipinski definition) is 2. The molecule has 2 nitrogen and oxygen atoms in total. The van der Waals surface area contributed by atoms with Crippen LogP contribution < -0.4 is 5.73 Å². The number of nitrogens with zero attached hydrogens (tertiary/aromatic N) is 1. The van der Waals surface area contributed by atoms with Crippen LogP contribution in [0.4, 0.5) is 10.1 Å². The van der Waals surface area contributed by atoms with Crippen LogP contribution in [0.15, 0.2) is 42.5 Å². The molecule has 0 saturated heterocycles. The van der Waals surface area contributed by atoms with E-state index in [2.05, 4.69) is 0 Å². The van der Waals surface area contributed by atoms with Crippen molar-refractivity contribution in [3.05, 3.63) is 53.8 Å². The third-order valence-corrected chi connectivity index (χ3v) is 2.39. The molecule has 0 fully saturated rings. The number of nitrogens with two attached hydrogens (primary N) is 1. The number of anilines is 1. The Hall–Kier alpha value is -2.34. The fourth-order valence-electron chi connectivity index (χ4n) is 1.58. The van der Waals surface area contributed by atoms with E-state index in [1.165, 1.54) is 6.07 Å². The standard InChI is InChI=1S/C13H9FN2/c14-12-7-2-1-5-10(12)11-6-3-4-9(8-15)13(11)16/h1-7H,16H2. The molecule has 2 aromatic rings. The third-order valence-electron chi connectivity index (χ3n) is 2.39. The highest BCUT2D eigenvalue weighted by molar-refractivity contribution is 5.80. The zero-order valence-corrected chi connectivity index (χ0v) is 8.44. The van der Waals surface area contributed by atoms with E-state index in [0.29, 0.717) is 22.4 Å². The lowest BCUT2D eigenvalue weighted by molar-refractivity contribution is 0.631. The molecule has 0 heterocycles. The summed E-state index contributed by atoms with van der Waals surface area (Å²) in [7, 11) is 0. The van der Waals surface area contributed by atoms with Gasteiger partial charge in [0, 0.05) is 11.1 Å². The molecule has 0 amide bonds. The van der Waals surface area contributed by atoms with E-state index >= 15 is 0 Å². The minimum absolute atomic E-state index is 0.315. The average molecular weight is 212 g/mol. The number of nitriles is 1. The van der Waals surface area contributed by atoms with Gasteiger partial charge in [0.2, 0.25) is 0 Å². The molecule has 16 heavy (non-hydrogen) atoms. The van der Waals surface area contributed by atoms with Crippen molar-refractivity contribution in [2.75, 3.05) is 5.73 Å². The Bertz CT molecular complexity index is 570. The molecule has 0 radical (unpaired) electrons. The number of para-hydroxylation sites is 1. The van der Waals surface area contributed by atoms with Gasteiger partial charge in [0.05, 0.1) is 11.3 Å². The van der Waals surface area contributed by atoms with Crippen LogP contribution in [0.25, 0.3) is 11.1 Å². The smallest absolute Gasteiger partial charge is 0.131 e. The first-order valence-electron chi connectivity index (χ1n) is 4.77. The predicted octanol–water partition coefficient (Wildman–Crippen LogP) is 2.95. The maximum atomic E-state index is 13.6. The van der Waals surface area contributed by atoms with Crippen molar-refractivity contribution in [1.29, 1.82) is 5.26 Å². The number of nitrogen functional groups attached to an aromatic ring is 1. The van der Waals surface area contributed by atoms with Gasteiger partial charge in [0.15, 0.2) is 0 Å². The van der Waals surface area contributed by atoms with Gasteiger partial charge < -0.3 is 5.73 Å². The van der Waals surface area contributed by atoms with E-state index in [-0.39, 0.29) is 5.82 Å². The molecule has 0 aliphatic rings. The number of rotatable bonds is 1. The summed E-state index contributed by atoms with van der Waals surface area (Å²) in [4.78, 5) is 0. The zero-order valence-electron chi connectivity index (χ0n) is 8.44. The zero-order chi connectivity index (χ0) is 11.5. The molecular weight excluding hydrogens is 203 g/mol. The lowest BCUT2D eigenvalue weighted by Crippen LogP contribution is -1.95. The largest absolute Gasteiger partial charge is 0.397 e. The summed E-state index contributed by atoms with van der Waals surface area (Å²) in [6, 6.07) is 13.3. The van der Waals surface area contributed by atoms with Crippen molar-refractivity contribution in [2.45, 2.75) is 0 Å². The van der Waals surface area contributed by atoms with Crippen molar-refractivity contribution >= 4 is 5.69 Å². The summed E-state index contributed by atoms with van der Waals surface area (Å²) >= 11 is 0. The highest BCUT2D eigenvalue weighted by Crippen LogP contribution is 2.29. The summed E-state index contributed by atoms with van der Waals surface area (Å²) in [5, 5.41) is 8.84. The highest BCUT2D eigenvalue weighted by atomic mass is 19.1. The number of benzene rings is 2. The first kappa shape index (κ1) is 10.2. The Balaban J connectivity index is 2.67. The quantitative estimate of drug-likeness (QED) is 0.739. The predicted molar refractivity (Wildman–Crippen MR) is 61.0 cm³/mol. The van der Waals surface area contributed by atoms with Crippen LogP contribution in [0.3, 0.4) is 0 Å². The summed E-state index contributed by atoms with van der Waals surface area (Å²) in [6.07, 6.45) is 0. The van der Waals surface area contributed by atoms with Gasteiger partial charge in [-0.2, -0.15) is 5.26 Å². The molecule has 0 unspecified atom stereocenters. The van der Waals surface area contributed by atoms with Crippen LogP contribution in [0, 0.1) is 17.1 Å². The Morgan fingerprint density at radius 1 is 1.00 bits per heavy atom. The summed E-state index contributed by atoms with van der Waals surface area (Å²) in [6.45, 7) is 0. The SMILES string of the molecule is N#Cc1cccc(-c2ccccc2F)c1N. The van der Waals surface area contributed by atoms with Crippen molar-refractivity contribution in [2.24, 2.45) is 0 Å². The highest BCUT2D eigenvalue weighted by Gasteiger charge is 2.09. The topological polar surface area (TPSA) is 49.8 Å². The first-order chi connectivity index (χ1) is 7.74. The maximum Gasteiger partial charge on any atom is 0.131 e. The second-order valence-corrected chi connectivity index (χ2v) is 3.36. The Morgan fingerprint density at radius 2 is 1.69 bits per heavy atom. The molecule has 2 aromatic carbocycles. The van der Waals surface area contributed by atoms with Crippen LogP contribution >= 0.6 is 0 Å².